The molecule has 0 aliphatic heterocycles. The minimum absolute atomic E-state index is 0.607. The summed E-state index contributed by atoms with van der Waals surface area (Å²) in [6.45, 7) is 4.57. The zero-order valence-corrected chi connectivity index (χ0v) is 36.1. The summed E-state index contributed by atoms with van der Waals surface area (Å²) in [5.74, 6) is -1.30. The van der Waals surface area contributed by atoms with Gasteiger partial charge in [-0.2, -0.15) is 17.6 Å². The minimum atomic E-state index is -2.35. The van der Waals surface area contributed by atoms with Gasteiger partial charge < -0.3 is 0 Å². The molecule has 0 unspecified atom stereocenters. The summed E-state index contributed by atoms with van der Waals surface area (Å²) in [5, 5.41) is 0. The SMILES string of the molecule is CCCCC1CCC(c2ccc(CCc3ccc(SC(F)F)cc3)cc2)CC1.CCCCCC1CCC(c2ccc(CCc3ccc(SC(F)F)cc3)cc2)CC1. The Bertz CT molecular complexity index is 1640. The third kappa shape index (κ3) is 16.5. The molecule has 2 aliphatic rings. The molecule has 4 aromatic carbocycles. The van der Waals surface area contributed by atoms with Gasteiger partial charge in [0, 0.05) is 9.79 Å². The largest absolute Gasteiger partial charge is 0.288 e. The number of alkyl halides is 4. The van der Waals surface area contributed by atoms with Gasteiger partial charge in [0.15, 0.2) is 0 Å². The molecule has 2 saturated carbocycles. The smallest absolute Gasteiger partial charge is 0.198 e. The highest BCUT2D eigenvalue weighted by atomic mass is 32.2. The highest BCUT2D eigenvalue weighted by molar-refractivity contribution is 7.99. The number of halogens is 4. The Hall–Kier alpha value is -2.70. The summed E-state index contributed by atoms with van der Waals surface area (Å²) in [5.41, 5.74) is 8.13. The summed E-state index contributed by atoms with van der Waals surface area (Å²) in [4.78, 5) is 1.26. The van der Waals surface area contributed by atoms with Crippen LogP contribution in [-0.2, 0) is 25.7 Å². The predicted molar refractivity (Wildman–Crippen MR) is 237 cm³/mol. The van der Waals surface area contributed by atoms with Crippen LogP contribution in [0.4, 0.5) is 17.6 Å². The van der Waals surface area contributed by atoms with Crippen LogP contribution in [0.15, 0.2) is 107 Å². The molecule has 0 spiro atoms. The van der Waals surface area contributed by atoms with Crippen LogP contribution in [0, 0.1) is 11.8 Å². The molecule has 0 nitrogen and oxygen atoms in total. The maximum absolute atomic E-state index is 12.4. The van der Waals surface area contributed by atoms with Crippen LogP contribution in [0.25, 0.3) is 0 Å². The van der Waals surface area contributed by atoms with Gasteiger partial charge in [-0.05, 0) is 158 Å². The molecule has 2 aliphatic carbocycles. The van der Waals surface area contributed by atoms with Crippen LogP contribution in [0.5, 0.6) is 0 Å². The molecule has 0 radical (unpaired) electrons. The summed E-state index contributed by atoms with van der Waals surface area (Å²) >= 11 is 1.22. The number of aryl methyl sites for hydroxylation is 4. The van der Waals surface area contributed by atoms with Crippen LogP contribution < -0.4 is 0 Å². The number of unbranched alkanes of at least 4 members (excludes halogenated alkanes) is 3. The van der Waals surface area contributed by atoms with Crippen molar-refractivity contribution in [1.29, 1.82) is 0 Å². The first kappa shape index (κ1) is 45.4. The van der Waals surface area contributed by atoms with E-state index in [0.29, 0.717) is 33.3 Å². The lowest BCUT2D eigenvalue weighted by molar-refractivity contribution is 0.251. The fourth-order valence-electron chi connectivity index (χ4n) is 8.91. The van der Waals surface area contributed by atoms with Crippen LogP contribution in [0.1, 0.15) is 155 Å². The van der Waals surface area contributed by atoms with Crippen molar-refractivity contribution in [3.05, 3.63) is 130 Å². The molecular formula is C51H66F4S2. The van der Waals surface area contributed by atoms with E-state index >= 15 is 0 Å². The van der Waals surface area contributed by atoms with Crippen molar-refractivity contribution in [3.63, 3.8) is 0 Å². The fraction of sp³-hybridized carbons (Fsp3) is 0.529. The first-order valence-corrected chi connectivity index (χ1v) is 23.8. The van der Waals surface area contributed by atoms with Crippen LogP contribution in [-0.4, -0.2) is 11.5 Å². The lowest BCUT2D eigenvalue weighted by Crippen LogP contribution is -2.13. The van der Waals surface area contributed by atoms with Gasteiger partial charge in [0.2, 0.25) is 0 Å². The highest BCUT2D eigenvalue weighted by Gasteiger charge is 2.23. The van der Waals surface area contributed by atoms with Gasteiger partial charge in [-0.25, -0.2) is 0 Å². The zero-order valence-electron chi connectivity index (χ0n) is 34.5. The van der Waals surface area contributed by atoms with Gasteiger partial charge in [0.25, 0.3) is 11.5 Å². The third-order valence-electron chi connectivity index (χ3n) is 12.5. The minimum Gasteiger partial charge on any atom is -0.198 e. The lowest BCUT2D eigenvalue weighted by Gasteiger charge is -2.29. The zero-order chi connectivity index (χ0) is 40.2. The Kier molecular flexibility index (Phi) is 19.9. The van der Waals surface area contributed by atoms with Crippen molar-refractivity contribution in [2.24, 2.45) is 11.8 Å². The Morgan fingerprint density at radius 2 is 0.737 bits per heavy atom. The topological polar surface area (TPSA) is 0 Å². The average Bonchev–Trinajstić information content (AvgIpc) is 3.23. The average molecular weight is 819 g/mol. The molecule has 0 aromatic heterocycles. The van der Waals surface area contributed by atoms with Crippen molar-refractivity contribution in [2.75, 3.05) is 0 Å². The molecule has 0 heterocycles. The van der Waals surface area contributed by atoms with Crippen LogP contribution >= 0.6 is 23.5 Å². The second-order valence-corrected chi connectivity index (χ2v) is 18.7. The normalized spacial score (nSPS) is 19.7. The van der Waals surface area contributed by atoms with E-state index in [1.807, 2.05) is 24.3 Å². The molecule has 0 atom stereocenters. The van der Waals surface area contributed by atoms with Gasteiger partial charge in [-0.3, -0.25) is 0 Å². The van der Waals surface area contributed by atoms with E-state index in [-0.39, 0.29) is 0 Å². The van der Waals surface area contributed by atoms with Gasteiger partial charge in [-0.1, -0.05) is 155 Å². The van der Waals surface area contributed by atoms with Crippen molar-refractivity contribution in [2.45, 2.75) is 169 Å². The second kappa shape index (κ2) is 25.0. The van der Waals surface area contributed by atoms with E-state index in [9.17, 15) is 17.6 Å². The summed E-state index contributed by atoms with van der Waals surface area (Å²) in [6, 6.07) is 33.5. The first-order valence-electron chi connectivity index (χ1n) is 22.0. The number of thioether (sulfide) groups is 2. The van der Waals surface area contributed by atoms with E-state index in [4.69, 9.17) is 0 Å². The maximum Gasteiger partial charge on any atom is 0.288 e. The molecule has 0 amide bonds. The molecule has 4 aromatic rings. The van der Waals surface area contributed by atoms with Crippen molar-refractivity contribution in [1.82, 2.24) is 0 Å². The van der Waals surface area contributed by atoms with Gasteiger partial charge >= 0.3 is 0 Å². The van der Waals surface area contributed by atoms with Gasteiger partial charge in [-0.15, -0.1) is 0 Å². The van der Waals surface area contributed by atoms with Crippen molar-refractivity contribution < 1.29 is 17.6 Å². The van der Waals surface area contributed by atoms with E-state index < -0.39 is 11.5 Å². The standard InChI is InChI=1S/C26H34F2S.C25H32F2S/c1-2-3-4-5-20-8-14-23(15-9-20)24-16-10-21(11-17-24)6-7-22-12-18-25(19-13-22)29-26(27)28;1-2-3-4-19-7-13-22(14-8-19)23-15-9-20(10-16-23)5-6-21-11-17-24(18-12-21)28-25(26)27/h10-13,16-20,23,26H,2-9,14-15H2,1H3;9-12,15-19,22,25H,2-8,13-14H2,1H3. The quantitative estimate of drug-likeness (QED) is 0.0525. The van der Waals surface area contributed by atoms with E-state index in [1.165, 1.54) is 130 Å². The van der Waals surface area contributed by atoms with Crippen molar-refractivity contribution in [3.8, 4) is 0 Å². The van der Waals surface area contributed by atoms with Crippen molar-refractivity contribution >= 4 is 23.5 Å². The monoisotopic (exact) mass is 818 g/mol. The maximum atomic E-state index is 12.4. The molecule has 310 valence electrons. The first-order chi connectivity index (χ1) is 27.8. The molecule has 6 rings (SSSR count). The number of rotatable bonds is 19. The van der Waals surface area contributed by atoms with Gasteiger partial charge in [0.1, 0.15) is 0 Å². The van der Waals surface area contributed by atoms with E-state index in [1.54, 1.807) is 24.3 Å². The highest BCUT2D eigenvalue weighted by Crippen LogP contribution is 2.39. The molecular weight excluding hydrogens is 753 g/mol. The molecule has 0 bridgehead atoms. The Morgan fingerprint density at radius 3 is 1.05 bits per heavy atom. The number of benzene rings is 4. The predicted octanol–water partition coefficient (Wildman–Crippen LogP) is 16.9. The second-order valence-electron chi connectivity index (χ2n) is 16.6. The Balaban J connectivity index is 0.000000218. The number of hydrogen-bond acceptors (Lipinski definition) is 2. The van der Waals surface area contributed by atoms with E-state index in [2.05, 4.69) is 62.4 Å². The number of hydrogen-bond donors (Lipinski definition) is 0. The fourth-order valence-corrected chi connectivity index (χ4v) is 9.91. The molecule has 2 fully saturated rings. The third-order valence-corrected chi connectivity index (χ3v) is 13.9. The Morgan fingerprint density at radius 1 is 0.421 bits per heavy atom. The lowest BCUT2D eigenvalue weighted by atomic mass is 9.77. The molecule has 0 N–H and O–H groups in total. The summed E-state index contributed by atoms with van der Waals surface area (Å²) in [6.07, 6.45) is 24.5. The van der Waals surface area contributed by atoms with Gasteiger partial charge in [0.05, 0.1) is 0 Å². The Labute approximate surface area is 350 Å². The van der Waals surface area contributed by atoms with E-state index in [0.717, 1.165) is 49.4 Å². The summed E-state index contributed by atoms with van der Waals surface area (Å²) in [7, 11) is 0. The molecule has 57 heavy (non-hydrogen) atoms. The summed E-state index contributed by atoms with van der Waals surface area (Å²) < 4.78 is 49.6. The molecule has 6 heteroatoms. The molecule has 0 saturated heterocycles. The van der Waals surface area contributed by atoms with Crippen LogP contribution in [0.3, 0.4) is 0 Å². The van der Waals surface area contributed by atoms with Crippen LogP contribution in [0.2, 0.25) is 0 Å².